The monoisotopic (exact) mass is 194 g/mol. The topological polar surface area (TPSA) is 17.1 Å². The van der Waals surface area contributed by atoms with E-state index in [9.17, 15) is 4.79 Å². The molecule has 0 aliphatic heterocycles. The molecular formula is C13H22O. The summed E-state index contributed by atoms with van der Waals surface area (Å²) in [5.41, 5.74) is 1.55. The molecule has 2 atom stereocenters. The van der Waals surface area contributed by atoms with Gasteiger partial charge in [-0.1, -0.05) is 33.3 Å². The minimum atomic E-state index is 0.214. The van der Waals surface area contributed by atoms with Crippen molar-refractivity contribution in [3.8, 4) is 0 Å². The van der Waals surface area contributed by atoms with Gasteiger partial charge in [0.25, 0.3) is 0 Å². The van der Waals surface area contributed by atoms with Crippen molar-refractivity contribution in [2.24, 2.45) is 11.3 Å². The minimum Gasteiger partial charge on any atom is -0.295 e. The van der Waals surface area contributed by atoms with Gasteiger partial charge in [-0.15, -0.1) is 0 Å². The van der Waals surface area contributed by atoms with E-state index in [4.69, 9.17) is 0 Å². The molecule has 0 N–H and O–H groups in total. The van der Waals surface area contributed by atoms with Gasteiger partial charge in [-0.25, -0.2) is 0 Å². The maximum Gasteiger partial charge on any atom is 0.159 e. The highest BCUT2D eigenvalue weighted by atomic mass is 16.1. The van der Waals surface area contributed by atoms with Crippen molar-refractivity contribution in [1.29, 1.82) is 0 Å². The smallest absolute Gasteiger partial charge is 0.159 e. The number of hydrogen-bond donors (Lipinski definition) is 0. The minimum absolute atomic E-state index is 0.214. The fourth-order valence-electron chi connectivity index (χ4n) is 2.63. The van der Waals surface area contributed by atoms with Crippen molar-refractivity contribution in [2.75, 3.05) is 0 Å². The summed E-state index contributed by atoms with van der Waals surface area (Å²) in [5.74, 6) is 0.614. The van der Waals surface area contributed by atoms with Gasteiger partial charge in [-0.2, -0.15) is 0 Å². The van der Waals surface area contributed by atoms with Gasteiger partial charge < -0.3 is 0 Å². The largest absolute Gasteiger partial charge is 0.295 e. The fourth-order valence-corrected chi connectivity index (χ4v) is 2.63. The number of carbonyl (C=O) groups excluding carboxylic acids is 1. The molecular weight excluding hydrogens is 172 g/mol. The molecule has 1 heteroatoms. The second kappa shape index (κ2) is 4.29. The maximum atomic E-state index is 11.9. The van der Waals surface area contributed by atoms with E-state index >= 15 is 0 Å². The SMILES string of the molecule is CCC1=CC(=O)C(CC)[C@](C)(CC)C1. The quantitative estimate of drug-likeness (QED) is 0.669. The molecule has 0 aromatic heterocycles. The Balaban J connectivity index is 2.98. The third-order valence-electron chi connectivity index (χ3n) is 3.83. The highest BCUT2D eigenvalue weighted by Gasteiger charge is 2.38. The van der Waals surface area contributed by atoms with Gasteiger partial charge in [0.15, 0.2) is 5.78 Å². The third-order valence-corrected chi connectivity index (χ3v) is 3.83. The van der Waals surface area contributed by atoms with Gasteiger partial charge in [-0.3, -0.25) is 4.79 Å². The molecule has 0 fully saturated rings. The number of ketones is 1. The maximum absolute atomic E-state index is 11.9. The number of hydrogen-bond acceptors (Lipinski definition) is 1. The van der Waals surface area contributed by atoms with Crippen LogP contribution in [0.4, 0.5) is 0 Å². The summed E-state index contributed by atoms with van der Waals surface area (Å²) < 4.78 is 0. The second-order valence-corrected chi connectivity index (χ2v) is 4.70. The van der Waals surface area contributed by atoms with E-state index < -0.39 is 0 Å². The lowest BCUT2D eigenvalue weighted by Gasteiger charge is -2.39. The van der Waals surface area contributed by atoms with Gasteiger partial charge in [0.1, 0.15) is 0 Å². The van der Waals surface area contributed by atoms with Crippen LogP contribution in [0, 0.1) is 11.3 Å². The summed E-state index contributed by atoms with van der Waals surface area (Å²) in [5, 5.41) is 0. The molecule has 0 aromatic carbocycles. The Morgan fingerprint density at radius 2 is 2.07 bits per heavy atom. The van der Waals surface area contributed by atoms with Crippen LogP contribution >= 0.6 is 0 Å². The first kappa shape index (κ1) is 11.5. The molecule has 0 heterocycles. The molecule has 0 aromatic rings. The molecule has 80 valence electrons. The normalized spacial score (nSPS) is 33.0. The Bertz CT molecular complexity index is 252. The van der Waals surface area contributed by atoms with Crippen LogP contribution in [0.1, 0.15) is 53.4 Å². The highest BCUT2D eigenvalue weighted by molar-refractivity contribution is 5.94. The predicted molar refractivity (Wildman–Crippen MR) is 60.2 cm³/mol. The van der Waals surface area contributed by atoms with Gasteiger partial charge >= 0.3 is 0 Å². The lowest BCUT2D eigenvalue weighted by atomic mass is 9.64. The molecule has 1 nitrogen and oxygen atoms in total. The Morgan fingerprint density at radius 1 is 1.43 bits per heavy atom. The van der Waals surface area contributed by atoms with Crippen molar-refractivity contribution in [1.82, 2.24) is 0 Å². The molecule has 14 heavy (non-hydrogen) atoms. The van der Waals surface area contributed by atoms with Crippen LogP contribution in [0.2, 0.25) is 0 Å². The highest BCUT2D eigenvalue weighted by Crippen LogP contribution is 2.43. The summed E-state index contributed by atoms with van der Waals surface area (Å²) in [6, 6.07) is 0. The molecule has 1 aliphatic rings. The lowest BCUT2D eigenvalue weighted by molar-refractivity contribution is -0.123. The van der Waals surface area contributed by atoms with E-state index in [2.05, 4.69) is 27.7 Å². The average molecular weight is 194 g/mol. The Hall–Kier alpha value is -0.590. The Labute approximate surface area is 87.6 Å². The third kappa shape index (κ3) is 1.92. The van der Waals surface area contributed by atoms with Crippen LogP contribution in [0.3, 0.4) is 0 Å². The van der Waals surface area contributed by atoms with Crippen molar-refractivity contribution in [3.63, 3.8) is 0 Å². The predicted octanol–water partition coefficient (Wildman–Crippen LogP) is 3.74. The fraction of sp³-hybridized carbons (Fsp3) is 0.769. The molecule has 1 unspecified atom stereocenters. The number of rotatable bonds is 3. The van der Waals surface area contributed by atoms with E-state index in [1.165, 1.54) is 5.57 Å². The van der Waals surface area contributed by atoms with Crippen LogP contribution in [0.5, 0.6) is 0 Å². The van der Waals surface area contributed by atoms with Crippen LogP contribution in [0.25, 0.3) is 0 Å². The van der Waals surface area contributed by atoms with E-state index in [-0.39, 0.29) is 11.3 Å². The number of carbonyl (C=O) groups is 1. The van der Waals surface area contributed by atoms with E-state index in [0.717, 1.165) is 25.7 Å². The van der Waals surface area contributed by atoms with Crippen molar-refractivity contribution < 1.29 is 4.79 Å². The van der Waals surface area contributed by atoms with Crippen molar-refractivity contribution in [2.45, 2.75) is 53.4 Å². The molecule has 0 saturated heterocycles. The lowest BCUT2D eigenvalue weighted by Crippen LogP contribution is -2.35. The molecule has 0 bridgehead atoms. The molecule has 0 amide bonds. The van der Waals surface area contributed by atoms with Gasteiger partial charge in [0.05, 0.1) is 0 Å². The van der Waals surface area contributed by atoms with Gasteiger partial charge in [0, 0.05) is 5.92 Å². The molecule has 1 aliphatic carbocycles. The first-order valence-corrected chi connectivity index (χ1v) is 5.80. The summed E-state index contributed by atoms with van der Waals surface area (Å²) in [7, 11) is 0. The van der Waals surface area contributed by atoms with E-state index in [1.807, 2.05) is 6.08 Å². The summed E-state index contributed by atoms with van der Waals surface area (Å²) in [4.78, 5) is 11.9. The summed E-state index contributed by atoms with van der Waals surface area (Å²) in [6.07, 6.45) is 6.12. The van der Waals surface area contributed by atoms with Gasteiger partial charge in [-0.05, 0) is 37.2 Å². The van der Waals surface area contributed by atoms with Crippen molar-refractivity contribution >= 4 is 5.78 Å². The Kier molecular flexibility index (Phi) is 3.52. The van der Waals surface area contributed by atoms with Crippen LogP contribution in [-0.4, -0.2) is 5.78 Å². The molecule has 0 saturated carbocycles. The zero-order valence-electron chi connectivity index (χ0n) is 9.89. The first-order valence-electron chi connectivity index (χ1n) is 5.80. The van der Waals surface area contributed by atoms with Gasteiger partial charge in [0.2, 0.25) is 0 Å². The van der Waals surface area contributed by atoms with E-state index in [0.29, 0.717) is 5.78 Å². The molecule has 0 radical (unpaired) electrons. The summed E-state index contributed by atoms with van der Waals surface area (Å²) >= 11 is 0. The number of allylic oxidation sites excluding steroid dienone is 2. The first-order chi connectivity index (χ1) is 6.57. The van der Waals surface area contributed by atoms with Crippen molar-refractivity contribution in [3.05, 3.63) is 11.6 Å². The zero-order valence-corrected chi connectivity index (χ0v) is 9.89. The summed E-state index contributed by atoms with van der Waals surface area (Å²) in [6.45, 7) is 8.74. The van der Waals surface area contributed by atoms with Crippen LogP contribution < -0.4 is 0 Å². The standard InChI is InChI=1S/C13H22O/c1-5-10-8-12(14)11(6-2)13(4,7-3)9-10/h8,11H,5-7,9H2,1-4H3/t11?,13-/m1/s1. The zero-order chi connectivity index (χ0) is 10.8. The van der Waals surface area contributed by atoms with E-state index in [1.54, 1.807) is 0 Å². The van der Waals surface area contributed by atoms with Crippen LogP contribution in [-0.2, 0) is 4.79 Å². The molecule has 0 spiro atoms. The molecule has 1 rings (SSSR count). The average Bonchev–Trinajstić information content (AvgIpc) is 2.17. The second-order valence-electron chi connectivity index (χ2n) is 4.70. The Morgan fingerprint density at radius 3 is 2.50 bits per heavy atom. The van der Waals surface area contributed by atoms with Crippen LogP contribution in [0.15, 0.2) is 11.6 Å².